The number of rotatable bonds is 10. The number of amides is 1. The van der Waals surface area contributed by atoms with Crippen molar-refractivity contribution in [3.05, 3.63) is 119 Å². The summed E-state index contributed by atoms with van der Waals surface area (Å²) in [5.41, 5.74) is 6.20. The highest BCUT2D eigenvalue weighted by atomic mass is 16.3. The Morgan fingerprint density at radius 1 is 1.03 bits per heavy atom. The molecule has 6 heteroatoms. The molecule has 180 valence electrons. The first-order chi connectivity index (χ1) is 17.0. The Kier molecular flexibility index (Phi) is 8.06. The lowest BCUT2D eigenvalue weighted by Gasteiger charge is -2.29. The van der Waals surface area contributed by atoms with E-state index in [0.29, 0.717) is 31.1 Å². The van der Waals surface area contributed by atoms with Gasteiger partial charge in [0.1, 0.15) is 6.26 Å². The maximum atomic E-state index is 12.6. The number of aromatic nitrogens is 2. The molecule has 0 radical (unpaired) electrons. The Morgan fingerprint density at radius 3 is 2.60 bits per heavy atom. The second-order valence-corrected chi connectivity index (χ2v) is 8.88. The van der Waals surface area contributed by atoms with Gasteiger partial charge in [-0.15, -0.1) is 0 Å². The molecule has 0 aliphatic rings. The zero-order chi connectivity index (χ0) is 24.6. The lowest BCUT2D eigenvalue weighted by atomic mass is 10.0. The monoisotopic (exact) mass is 468 g/mol. The van der Waals surface area contributed by atoms with Crippen LogP contribution in [0.15, 0.2) is 83.6 Å². The van der Waals surface area contributed by atoms with Gasteiger partial charge < -0.3 is 9.73 Å². The molecule has 0 aliphatic carbocycles. The van der Waals surface area contributed by atoms with Gasteiger partial charge in [0.2, 0.25) is 5.89 Å². The summed E-state index contributed by atoms with van der Waals surface area (Å²) in [6.07, 6.45) is 3.85. The largest absolute Gasteiger partial charge is 0.447 e. The second-order valence-electron chi connectivity index (χ2n) is 8.88. The highest BCUT2D eigenvalue weighted by Crippen LogP contribution is 2.26. The first-order valence-electron chi connectivity index (χ1n) is 12.0. The van der Waals surface area contributed by atoms with Crippen molar-refractivity contribution in [2.24, 2.45) is 0 Å². The molecule has 6 nitrogen and oxygen atoms in total. The van der Waals surface area contributed by atoms with Crippen molar-refractivity contribution in [2.45, 2.75) is 46.3 Å². The number of hydrogen-bond donors (Lipinski definition) is 1. The van der Waals surface area contributed by atoms with Crippen LogP contribution < -0.4 is 5.32 Å². The Hall–Kier alpha value is -3.77. The molecule has 1 N–H and O–H groups in total. The predicted octanol–water partition coefficient (Wildman–Crippen LogP) is 5.42. The van der Waals surface area contributed by atoms with E-state index in [2.05, 4.69) is 83.4 Å². The first kappa shape index (κ1) is 24.4. The Labute approximate surface area is 207 Å². The lowest BCUT2D eigenvalue weighted by Crippen LogP contribution is -2.28. The second kappa shape index (κ2) is 11.6. The van der Waals surface area contributed by atoms with Gasteiger partial charge in [0.15, 0.2) is 5.69 Å². The molecule has 0 saturated heterocycles. The number of oxazole rings is 1. The van der Waals surface area contributed by atoms with Gasteiger partial charge in [-0.2, -0.15) is 0 Å². The van der Waals surface area contributed by atoms with Gasteiger partial charge in [0.25, 0.3) is 5.91 Å². The Morgan fingerprint density at radius 2 is 1.83 bits per heavy atom. The van der Waals surface area contributed by atoms with E-state index in [0.717, 1.165) is 12.2 Å². The van der Waals surface area contributed by atoms with Crippen LogP contribution in [0.25, 0.3) is 0 Å². The van der Waals surface area contributed by atoms with Crippen molar-refractivity contribution >= 4 is 5.91 Å². The van der Waals surface area contributed by atoms with Gasteiger partial charge in [-0.3, -0.25) is 14.7 Å². The number of carbonyl (C=O) groups is 1. The van der Waals surface area contributed by atoms with Crippen molar-refractivity contribution in [3.63, 3.8) is 0 Å². The van der Waals surface area contributed by atoms with Crippen LogP contribution >= 0.6 is 0 Å². The quantitative estimate of drug-likeness (QED) is 0.336. The average molecular weight is 469 g/mol. The molecule has 0 unspecified atom stereocenters. The highest BCUT2D eigenvalue weighted by molar-refractivity contribution is 5.91. The summed E-state index contributed by atoms with van der Waals surface area (Å²) < 4.78 is 5.73. The van der Waals surface area contributed by atoms with Crippen LogP contribution in [-0.4, -0.2) is 27.3 Å². The number of hydrogen-bond acceptors (Lipinski definition) is 5. The zero-order valence-electron chi connectivity index (χ0n) is 20.6. The molecular formula is C29H32N4O2. The van der Waals surface area contributed by atoms with Gasteiger partial charge >= 0.3 is 0 Å². The molecule has 1 amide bonds. The van der Waals surface area contributed by atoms with Crippen LogP contribution in [0.4, 0.5) is 0 Å². The van der Waals surface area contributed by atoms with Crippen molar-refractivity contribution < 1.29 is 9.21 Å². The summed E-state index contributed by atoms with van der Waals surface area (Å²) in [6.45, 7) is 8.16. The molecular weight excluding hydrogens is 436 g/mol. The molecule has 2 aromatic heterocycles. The summed E-state index contributed by atoms with van der Waals surface area (Å²) in [5.74, 6) is 0.279. The van der Waals surface area contributed by atoms with E-state index in [9.17, 15) is 4.79 Å². The minimum atomic E-state index is -0.242. The maximum Gasteiger partial charge on any atom is 0.273 e. The van der Waals surface area contributed by atoms with Crippen LogP contribution in [-0.2, 0) is 19.5 Å². The smallest absolute Gasteiger partial charge is 0.273 e. The van der Waals surface area contributed by atoms with Gasteiger partial charge in [-0.05, 0) is 49.6 Å². The zero-order valence-corrected chi connectivity index (χ0v) is 20.6. The molecule has 0 aliphatic heterocycles. The van der Waals surface area contributed by atoms with Crippen LogP contribution in [0.2, 0.25) is 0 Å². The first-order valence-corrected chi connectivity index (χ1v) is 12.0. The molecule has 1 atom stereocenters. The van der Waals surface area contributed by atoms with E-state index in [1.54, 1.807) is 6.20 Å². The standard InChI is InChI=1S/C29H32N4O2/c1-21-12-13-22(2)25(17-21)18-33(23(3)24-9-5-4-6-10-24)19-28-32-27(20-35-28)29(34)31-16-14-26-11-7-8-15-30-26/h4-13,15,17,20,23H,14,16,18-19H2,1-3H3,(H,31,34)/t23-/m1/s1. The van der Waals surface area contributed by atoms with E-state index in [1.807, 2.05) is 24.3 Å². The Balaban J connectivity index is 1.45. The van der Waals surface area contributed by atoms with E-state index in [4.69, 9.17) is 4.42 Å². The van der Waals surface area contributed by atoms with Gasteiger partial charge in [0.05, 0.1) is 6.54 Å². The predicted molar refractivity (Wildman–Crippen MR) is 137 cm³/mol. The third-order valence-corrected chi connectivity index (χ3v) is 6.22. The number of carbonyl (C=O) groups excluding carboxylic acids is 1. The highest BCUT2D eigenvalue weighted by Gasteiger charge is 2.21. The molecule has 4 aromatic rings. The number of aryl methyl sites for hydroxylation is 2. The van der Waals surface area contributed by atoms with Crippen molar-refractivity contribution in [3.8, 4) is 0 Å². The fourth-order valence-electron chi connectivity index (χ4n) is 4.06. The van der Waals surface area contributed by atoms with E-state index in [1.165, 1.54) is 28.5 Å². The number of pyridine rings is 1. The van der Waals surface area contributed by atoms with Gasteiger partial charge in [-0.1, -0.05) is 60.2 Å². The van der Waals surface area contributed by atoms with Gasteiger partial charge in [-0.25, -0.2) is 4.98 Å². The molecule has 2 heterocycles. The molecule has 0 spiro atoms. The summed E-state index contributed by atoms with van der Waals surface area (Å²) >= 11 is 0. The fourth-order valence-corrected chi connectivity index (χ4v) is 4.06. The summed E-state index contributed by atoms with van der Waals surface area (Å²) in [6, 6.07) is 22.8. The van der Waals surface area contributed by atoms with Crippen molar-refractivity contribution in [1.29, 1.82) is 0 Å². The number of benzene rings is 2. The minimum absolute atomic E-state index is 0.138. The van der Waals surface area contributed by atoms with Crippen LogP contribution in [0.5, 0.6) is 0 Å². The molecule has 0 fully saturated rings. The number of nitrogens with zero attached hydrogens (tertiary/aromatic N) is 3. The maximum absolute atomic E-state index is 12.6. The van der Waals surface area contributed by atoms with Crippen molar-refractivity contribution in [1.82, 2.24) is 20.2 Å². The third kappa shape index (κ3) is 6.64. The average Bonchev–Trinajstić information content (AvgIpc) is 3.35. The SMILES string of the molecule is Cc1ccc(C)c(CN(Cc2nc(C(=O)NCCc3ccccn3)co2)[C@H](C)c2ccccc2)c1. The van der Waals surface area contributed by atoms with Crippen molar-refractivity contribution in [2.75, 3.05) is 6.54 Å². The van der Waals surface area contributed by atoms with E-state index < -0.39 is 0 Å². The fraction of sp³-hybridized carbons (Fsp3) is 0.276. The minimum Gasteiger partial charge on any atom is -0.447 e. The van der Waals surface area contributed by atoms with Crippen LogP contribution in [0, 0.1) is 13.8 Å². The van der Waals surface area contributed by atoms with Gasteiger partial charge in [0, 0.05) is 37.4 Å². The Bertz CT molecular complexity index is 1240. The summed E-state index contributed by atoms with van der Waals surface area (Å²) in [4.78, 5) is 23.7. The molecule has 35 heavy (non-hydrogen) atoms. The summed E-state index contributed by atoms with van der Waals surface area (Å²) in [7, 11) is 0. The van der Waals surface area contributed by atoms with Crippen LogP contribution in [0.3, 0.4) is 0 Å². The summed E-state index contributed by atoms with van der Waals surface area (Å²) in [5, 5.41) is 2.90. The molecule has 2 aromatic carbocycles. The molecule has 0 saturated carbocycles. The van der Waals surface area contributed by atoms with E-state index in [-0.39, 0.29) is 11.9 Å². The normalized spacial score (nSPS) is 12.0. The number of nitrogens with one attached hydrogen (secondary N) is 1. The van der Waals surface area contributed by atoms with E-state index >= 15 is 0 Å². The molecule has 4 rings (SSSR count). The molecule has 0 bridgehead atoms. The van der Waals surface area contributed by atoms with Crippen LogP contribution in [0.1, 0.15) is 57.3 Å². The topological polar surface area (TPSA) is 71.3 Å². The third-order valence-electron chi connectivity index (χ3n) is 6.22. The lowest BCUT2D eigenvalue weighted by molar-refractivity contribution is 0.0949.